The lowest BCUT2D eigenvalue weighted by molar-refractivity contribution is -0.122. The molecule has 0 radical (unpaired) electrons. The number of aryl methyl sites for hydroxylation is 1. The first kappa shape index (κ1) is 14.1. The van der Waals surface area contributed by atoms with E-state index in [-0.39, 0.29) is 17.9 Å². The summed E-state index contributed by atoms with van der Waals surface area (Å²) < 4.78 is 0. The van der Waals surface area contributed by atoms with Crippen molar-refractivity contribution in [2.45, 2.75) is 38.3 Å². The van der Waals surface area contributed by atoms with Crippen LogP contribution in [0, 0.1) is 6.92 Å². The van der Waals surface area contributed by atoms with Crippen molar-refractivity contribution in [3.63, 3.8) is 0 Å². The third-order valence-electron chi connectivity index (χ3n) is 4.39. The van der Waals surface area contributed by atoms with Gasteiger partial charge in [-0.3, -0.25) is 14.5 Å². The zero-order chi connectivity index (χ0) is 14.8. The molecule has 3 rings (SSSR count). The van der Waals surface area contributed by atoms with E-state index in [2.05, 4.69) is 15.5 Å². The highest BCUT2D eigenvalue weighted by molar-refractivity contribution is 5.92. The third kappa shape index (κ3) is 3.24. The smallest absolute Gasteiger partial charge is 0.238 e. The summed E-state index contributed by atoms with van der Waals surface area (Å²) >= 11 is 0. The zero-order valence-electron chi connectivity index (χ0n) is 12.3. The molecule has 0 aliphatic carbocycles. The molecule has 2 saturated heterocycles. The Morgan fingerprint density at radius 2 is 2.00 bits per heavy atom. The summed E-state index contributed by atoms with van der Waals surface area (Å²) in [6, 6.07) is 8.29. The molecule has 112 valence electrons. The predicted molar refractivity (Wildman–Crippen MR) is 81.0 cm³/mol. The van der Waals surface area contributed by atoms with Crippen molar-refractivity contribution in [2.24, 2.45) is 0 Å². The Labute approximate surface area is 124 Å². The second kappa shape index (κ2) is 5.85. The molecule has 2 atom stereocenters. The van der Waals surface area contributed by atoms with Crippen molar-refractivity contribution in [1.29, 1.82) is 0 Å². The number of rotatable bonds is 3. The number of benzene rings is 1. The van der Waals surface area contributed by atoms with Crippen LogP contribution in [0.5, 0.6) is 0 Å². The Morgan fingerprint density at radius 1 is 1.29 bits per heavy atom. The molecule has 0 spiro atoms. The van der Waals surface area contributed by atoms with Gasteiger partial charge in [0.25, 0.3) is 0 Å². The second-order valence-corrected chi connectivity index (χ2v) is 5.98. The van der Waals surface area contributed by atoms with Crippen molar-refractivity contribution in [1.82, 2.24) is 10.2 Å². The number of nitrogens with zero attached hydrogens (tertiary/aromatic N) is 1. The van der Waals surface area contributed by atoms with Crippen LogP contribution in [0.25, 0.3) is 0 Å². The van der Waals surface area contributed by atoms with Crippen LogP contribution in [0.4, 0.5) is 5.69 Å². The SMILES string of the molecule is Cc1ccc(NC(=O)CN2[C@H]3CC[C@H]2CC(=O)NC3)cc1. The molecule has 2 N–H and O–H groups in total. The highest BCUT2D eigenvalue weighted by Crippen LogP contribution is 2.27. The summed E-state index contributed by atoms with van der Waals surface area (Å²) in [4.78, 5) is 26.0. The molecule has 1 aromatic carbocycles. The molecule has 5 heteroatoms. The fraction of sp³-hybridized carbons (Fsp3) is 0.500. The van der Waals surface area contributed by atoms with Crippen molar-refractivity contribution >= 4 is 17.5 Å². The first-order valence-corrected chi connectivity index (χ1v) is 7.51. The number of nitrogens with one attached hydrogen (secondary N) is 2. The average Bonchev–Trinajstić information content (AvgIpc) is 2.72. The van der Waals surface area contributed by atoms with E-state index in [1.807, 2.05) is 31.2 Å². The standard InChI is InChI=1S/C16H21N3O2/c1-11-2-4-12(5-3-11)18-16(21)10-19-13-6-7-14(19)9-17-15(20)8-13/h2-5,13-14H,6-10H2,1H3,(H,17,20)(H,18,21)/t13-,14-/m0/s1. The molecule has 21 heavy (non-hydrogen) atoms. The lowest BCUT2D eigenvalue weighted by Gasteiger charge is -2.26. The summed E-state index contributed by atoms with van der Waals surface area (Å²) in [5.41, 5.74) is 1.99. The summed E-state index contributed by atoms with van der Waals surface area (Å²) in [6.07, 6.45) is 2.58. The lowest BCUT2D eigenvalue weighted by atomic mass is 10.1. The van der Waals surface area contributed by atoms with Gasteiger partial charge in [-0.25, -0.2) is 0 Å². The van der Waals surface area contributed by atoms with Crippen LogP contribution in [0.2, 0.25) is 0 Å². The Hall–Kier alpha value is -1.88. The number of carbonyl (C=O) groups is 2. The lowest BCUT2D eigenvalue weighted by Crippen LogP contribution is -2.42. The minimum absolute atomic E-state index is 0.00916. The number of fused-ring (bicyclic) bond motifs is 2. The van der Waals surface area contributed by atoms with Gasteiger partial charge >= 0.3 is 0 Å². The van der Waals surface area contributed by atoms with Crippen LogP contribution in [0.3, 0.4) is 0 Å². The first-order valence-electron chi connectivity index (χ1n) is 7.51. The molecule has 2 bridgehead atoms. The molecule has 2 heterocycles. The van der Waals surface area contributed by atoms with E-state index in [4.69, 9.17) is 0 Å². The van der Waals surface area contributed by atoms with Gasteiger partial charge in [-0.05, 0) is 31.9 Å². The van der Waals surface area contributed by atoms with Crippen LogP contribution in [-0.2, 0) is 9.59 Å². The monoisotopic (exact) mass is 287 g/mol. The Bertz CT molecular complexity index is 541. The highest BCUT2D eigenvalue weighted by Gasteiger charge is 2.38. The zero-order valence-corrected chi connectivity index (χ0v) is 12.3. The maximum atomic E-state index is 12.2. The molecule has 2 amide bonds. The van der Waals surface area contributed by atoms with E-state index < -0.39 is 0 Å². The van der Waals surface area contributed by atoms with Crippen LogP contribution < -0.4 is 10.6 Å². The molecule has 1 aromatic rings. The summed E-state index contributed by atoms with van der Waals surface area (Å²) in [7, 11) is 0. The van der Waals surface area contributed by atoms with Crippen molar-refractivity contribution in [3.05, 3.63) is 29.8 Å². The second-order valence-electron chi connectivity index (χ2n) is 5.98. The van der Waals surface area contributed by atoms with Crippen LogP contribution >= 0.6 is 0 Å². The van der Waals surface area contributed by atoms with Gasteiger partial charge in [-0.15, -0.1) is 0 Å². The molecular weight excluding hydrogens is 266 g/mol. The van der Waals surface area contributed by atoms with Gasteiger partial charge in [0, 0.05) is 30.7 Å². The van der Waals surface area contributed by atoms with Crippen LogP contribution in [0.15, 0.2) is 24.3 Å². The minimum atomic E-state index is -0.00916. The van der Waals surface area contributed by atoms with E-state index in [1.54, 1.807) is 0 Å². The van der Waals surface area contributed by atoms with Gasteiger partial charge in [-0.1, -0.05) is 17.7 Å². The highest BCUT2D eigenvalue weighted by atomic mass is 16.2. The van der Waals surface area contributed by atoms with Crippen LogP contribution in [0.1, 0.15) is 24.8 Å². The number of hydrogen-bond acceptors (Lipinski definition) is 3. The van der Waals surface area contributed by atoms with E-state index in [1.165, 1.54) is 5.56 Å². The predicted octanol–water partition coefficient (Wildman–Crippen LogP) is 1.29. The molecule has 2 aliphatic rings. The minimum Gasteiger partial charge on any atom is -0.354 e. The first-order chi connectivity index (χ1) is 10.1. The average molecular weight is 287 g/mol. The number of amides is 2. The van der Waals surface area contributed by atoms with E-state index in [0.29, 0.717) is 25.6 Å². The maximum absolute atomic E-state index is 12.2. The normalized spacial score (nSPS) is 25.3. The van der Waals surface area contributed by atoms with Gasteiger partial charge in [0.1, 0.15) is 0 Å². The van der Waals surface area contributed by atoms with Crippen molar-refractivity contribution in [2.75, 3.05) is 18.4 Å². The molecule has 2 fully saturated rings. The number of hydrogen-bond donors (Lipinski definition) is 2. The summed E-state index contributed by atoms with van der Waals surface area (Å²) in [5.74, 6) is 0.0937. The number of anilines is 1. The van der Waals surface area contributed by atoms with Gasteiger partial charge in [0.15, 0.2) is 0 Å². The number of carbonyl (C=O) groups excluding carboxylic acids is 2. The van der Waals surface area contributed by atoms with E-state index >= 15 is 0 Å². The third-order valence-corrected chi connectivity index (χ3v) is 4.39. The molecule has 5 nitrogen and oxygen atoms in total. The molecule has 2 aliphatic heterocycles. The van der Waals surface area contributed by atoms with Gasteiger partial charge in [-0.2, -0.15) is 0 Å². The Balaban J connectivity index is 1.61. The molecule has 0 aromatic heterocycles. The topological polar surface area (TPSA) is 61.4 Å². The largest absolute Gasteiger partial charge is 0.354 e. The fourth-order valence-electron chi connectivity index (χ4n) is 3.23. The Morgan fingerprint density at radius 3 is 2.76 bits per heavy atom. The van der Waals surface area contributed by atoms with Crippen molar-refractivity contribution < 1.29 is 9.59 Å². The van der Waals surface area contributed by atoms with Gasteiger partial charge in [0.2, 0.25) is 11.8 Å². The maximum Gasteiger partial charge on any atom is 0.238 e. The Kier molecular flexibility index (Phi) is 3.92. The van der Waals surface area contributed by atoms with E-state index in [9.17, 15) is 9.59 Å². The summed E-state index contributed by atoms with van der Waals surface area (Å²) in [5, 5.41) is 5.85. The fourth-order valence-corrected chi connectivity index (χ4v) is 3.23. The van der Waals surface area contributed by atoms with Crippen LogP contribution in [-0.4, -0.2) is 41.9 Å². The van der Waals surface area contributed by atoms with E-state index in [0.717, 1.165) is 18.5 Å². The van der Waals surface area contributed by atoms with Crippen molar-refractivity contribution in [3.8, 4) is 0 Å². The van der Waals surface area contributed by atoms with Gasteiger partial charge in [0.05, 0.1) is 6.54 Å². The molecular formula is C16H21N3O2. The summed E-state index contributed by atoms with van der Waals surface area (Å²) in [6.45, 7) is 3.04. The molecule has 0 saturated carbocycles. The quantitative estimate of drug-likeness (QED) is 0.880. The molecule has 0 unspecified atom stereocenters. The van der Waals surface area contributed by atoms with Gasteiger partial charge < -0.3 is 10.6 Å².